The van der Waals surface area contributed by atoms with Gasteiger partial charge in [0.2, 0.25) is 11.7 Å². The molecule has 1 aliphatic carbocycles. The number of aromatic nitrogens is 2. The molecule has 5 rings (SSSR count). The molecule has 1 atom stereocenters. The van der Waals surface area contributed by atoms with Gasteiger partial charge in [-0.3, -0.25) is 9.59 Å². The van der Waals surface area contributed by atoms with Crippen molar-refractivity contribution in [1.29, 1.82) is 5.26 Å². The number of hydrogen-bond acceptors (Lipinski definition) is 5. The zero-order chi connectivity index (χ0) is 23.7. The Morgan fingerprint density at radius 2 is 1.82 bits per heavy atom. The Labute approximate surface area is 196 Å². The molecule has 0 radical (unpaired) electrons. The van der Waals surface area contributed by atoms with Crippen molar-refractivity contribution < 1.29 is 14.3 Å². The maximum Gasteiger partial charge on any atom is 0.249 e. The highest BCUT2D eigenvalue weighted by atomic mass is 16.5. The van der Waals surface area contributed by atoms with Gasteiger partial charge < -0.3 is 10.1 Å². The molecule has 1 amide bonds. The lowest BCUT2D eigenvalue weighted by molar-refractivity contribution is -0.117. The highest BCUT2D eigenvalue weighted by Crippen LogP contribution is 2.40. The summed E-state index contributed by atoms with van der Waals surface area (Å²) in [5.74, 6) is -2.18. The zero-order valence-electron chi connectivity index (χ0n) is 18.4. The third-order valence-electron chi connectivity index (χ3n) is 5.85. The van der Waals surface area contributed by atoms with Gasteiger partial charge in [-0.25, -0.2) is 4.68 Å². The molecule has 1 aliphatic rings. The van der Waals surface area contributed by atoms with Crippen molar-refractivity contribution in [3.63, 3.8) is 0 Å². The second kappa shape index (κ2) is 8.68. The number of nitrogens with one attached hydrogen (secondary N) is 1. The first-order chi connectivity index (χ1) is 16.6. The fourth-order valence-corrected chi connectivity index (χ4v) is 4.23. The summed E-state index contributed by atoms with van der Waals surface area (Å²) in [5.41, 5.74) is 4.88. The standard InChI is InChI=1S/C27H20N4O3/c1-34-20-12-7-11-19(15-20)31-25-21-13-6-5-8-17(21)14-22(25)24(30-31)26(32)23(16-28)27(33)29-18-9-3-2-4-10-18/h2-13,15,23H,14H2,1H3,(H,29,33). The van der Waals surface area contributed by atoms with Gasteiger partial charge in [0.25, 0.3) is 0 Å². The summed E-state index contributed by atoms with van der Waals surface area (Å²) in [7, 11) is 1.58. The molecule has 0 spiro atoms. The number of amides is 1. The Morgan fingerprint density at radius 3 is 2.59 bits per heavy atom. The first kappa shape index (κ1) is 21.2. The second-order valence-corrected chi connectivity index (χ2v) is 7.90. The van der Waals surface area contributed by atoms with Gasteiger partial charge in [0.1, 0.15) is 11.4 Å². The van der Waals surface area contributed by atoms with E-state index in [-0.39, 0.29) is 5.69 Å². The number of nitrogens with zero attached hydrogens (tertiary/aromatic N) is 3. The smallest absolute Gasteiger partial charge is 0.249 e. The van der Waals surface area contributed by atoms with Crippen LogP contribution in [0, 0.1) is 17.2 Å². The highest BCUT2D eigenvalue weighted by molar-refractivity contribution is 6.16. The number of anilines is 1. The Kier molecular flexibility index (Phi) is 5.40. The molecule has 1 unspecified atom stereocenters. The summed E-state index contributed by atoms with van der Waals surface area (Å²) < 4.78 is 7.05. The Hall–Kier alpha value is -4.70. The van der Waals surface area contributed by atoms with E-state index in [1.165, 1.54) is 0 Å². The highest BCUT2D eigenvalue weighted by Gasteiger charge is 2.36. The van der Waals surface area contributed by atoms with Gasteiger partial charge in [0.05, 0.1) is 24.6 Å². The molecule has 3 aromatic carbocycles. The molecule has 166 valence electrons. The molecule has 1 heterocycles. The summed E-state index contributed by atoms with van der Waals surface area (Å²) in [6, 6.07) is 25.8. The lowest BCUT2D eigenvalue weighted by Gasteiger charge is -2.10. The predicted molar refractivity (Wildman–Crippen MR) is 127 cm³/mol. The average Bonchev–Trinajstić information content (AvgIpc) is 3.42. The fraction of sp³-hybridized carbons (Fsp3) is 0.111. The molecule has 4 aromatic rings. The van der Waals surface area contributed by atoms with Crippen molar-refractivity contribution in [2.45, 2.75) is 6.42 Å². The van der Waals surface area contributed by atoms with Crippen LogP contribution >= 0.6 is 0 Å². The van der Waals surface area contributed by atoms with E-state index in [2.05, 4.69) is 10.4 Å². The number of methoxy groups -OCH3 is 1. The van der Waals surface area contributed by atoms with E-state index in [1.54, 1.807) is 36.1 Å². The molecule has 34 heavy (non-hydrogen) atoms. The summed E-state index contributed by atoms with van der Waals surface area (Å²) in [6.07, 6.45) is 0.495. The van der Waals surface area contributed by atoms with E-state index in [1.807, 2.05) is 60.7 Å². The third-order valence-corrected chi connectivity index (χ3v) is 5.85. The van der Waals surface area contributed by atoms with Crippen molar-refractivity contribution >= 4 is 17.4 Å². The van der Waals surface area contributed by atoms with E-state index < -0.39 is 17.6 Å². The van der Waals surface area contributed by atoms with Crippen LogP contribution in [0.4, 0.5) is 5.69 Å². The number of nitriles is 1. The normalized spacial score (nSPS) is 12.2. The number of hydrogen-bond donors (Lipinski definition) is 1. The van der Waals surface area contributed by atoms with E-state index in [0.717, 1.165) is 16.8 Å². The van der Waals surface area contributed by atoms with Crippen LogP contribution in [-0.4, -0.2) is 28.6 Å². The molecule has 7 heteroatoms. The largest absolute Gasteiger partial charge is 0.497 e. The SMILES string of the molecule is COc1cccc(-n2nc(C(=O)C(C#N)C(=O)Nc3ccccc3)c3c2-c2ccccc2C3)c1. The van der Waals surface area contributed by atoms with Gasteiger partial charge in [0.15, 0.2) is 5.92 Å². The molecule has 1 N–H and O–H groups in total. The van der Waals surface area contributed by atoms with Gasteiger partial charge in [-0.1, -0.05) is 48.5 Å². The quantitative estimate of drug-likeness (QED) is 0.306. The number of carbonyl (C=O) groups excluding carboxylic acids is 2. The van der Waals surface area contributed by atoms with Crippen LogP contribution in [0.3, 0.4) is 0 Å². The van der Waals surface area contributed by atoms with Crippen LogP contribution in [0.25, 0.3) is 16.9 Å². The molecule has 0 saturated carbocycles. The van der Waals surface area contributed by atoms with Crippen molar-refractivity contribution in [2.75, 3.05) is 12.4 Å². The van der Waals surface area contributed by atoms with Crippen LogP contribution in [0.2, 0.25) is 0 Å². The second-order valence-electron chi connectivity index (χ2n) is 7.90. The summed E-state index contributed by atoms with van der Waals surface area (Å²) in [4.78, 5) is 26.3. The van der Waals surface area contributed by atoms with Crippen LogP contribution in [-0.2, 0) is 11.2 Å². The van der Waals surface area contributed by atoms with Crippen LogP contribution in [0.1, 0.15) is 21.6 Å². The molecule has 0 fully saturated rings. The molecule has 7 nitrogen and oxygen atoms in total. The van der Waals surface area contributed by atoms with E-state index in [4.69, 9.17) is 4.74 Å². The maximum absolute atomic E-state index is 13.5. The summed E-state index contributed by atoms with van der Waals surface area (Å²) in [6.45, 7) is 0. The van der Waals surface area contributed by atoms with Crippen LogP contribution in [0.5, 0.6) is 5.75 Å². The predicted octanol–water partition coefficient (Wildman–Crippen LogP) is 4.41. The average molecular weight is 448 g/mol. The molecule has 0 saturated heterocycles. The molecule has 0 aliphatic heterocycles. The minimum absolute atomic E-state index is 0.129. The maximum atomic E-state index is 13.5. The number of carbonyl (C=O) groups is 2. The number of ketones is 1. The van der Waals surface area contributed by atoms with Crippen LogP contribution < -0.4 is 10.1 Å². The number of fused-ring (bicyclic) bond motifs is 3. The Balaban J connectivity index is 1.58. The monoisotopic (exact) mass is 448 g/mol. The molecule has 0 bridgehead atoms. The fourth-order valence-electron chi connectivity index (χ4n) is 4.23. The summed E-state index contributed by atoms with van der Waals surface area (Å²) >= 11 is 0. The lowest BCUT2D eigenvalue weighted by Crippen LogP contribution is -2.29. The topological polar surface area (TPSA) is 97.0 Å². The Morgan fingerprint density at radius 1 is 1.06 bits per heavy atom. The number of para-hydroxylation sites is 1. The van der Waals surface area contributed by atoms with Crippen molar-refractivity contribution in [3.8, 4) is 28.8 Å². The van der Waals surface area contributed by atoms with Gasteiger partial charge in [-0.05, 0) is 29.8 Å². The van der Waals surface area contributed by atoms with Crippen molar-refractivity contribution in [3.05, 3.63) is 95.7 Å². The van der Waals surface area contributed by atoms with Gasteiger partial charge >= 0.3 is 0 Å². The zero-order valence-corrected chi connectivity index (χ0v) is 18.4. The number of Topliss-reactive ketones (excluding diaryl/α,β-unsaturated/α-hetero) is 1. The third kappa shape index (κ3) is 3.61. The summed E-state index contributed by atoms with van der Waals surface area (Å²) in [5, 5.41) is 17.0. The van der Waals surface area contributed by atoms with Gasteiger partial charge in [0, 0.05) is 29.3 Å². The first-order valence-corrected chi connectivity index (χ1v) is 10.7. The van der Waals surface area contributed by atoms with E-state index in [9.17, 15) is 14.9 Å². The van der Waals surface area contributed by atoms with Crippen molar-refractivity contribution in [1.82, 2.24) is 9.78 Å². The molecular weight excluding hydrogens is 428 g/mol. The number of benzene rings is 3. The minimum atomic E-state index is -1.53. The van der Waals surface area contributed by atoms with Crippen LogP contribution in [0.15, 0.2) is 78.9 Å². The first-order valence-electron chi connectivity index (χ1n) is 10.7. The Bertz CT molecular complexity index is 1450. The van der Waals surface area contributed by atoms with Crippen molar-refractivity contribution in [2.24, 2.45) is 5.92 Å². The molecule has 1 aromatic heterocycles. The van der Waals surface area contributed by atoms with Gasteiger partial charge in [-0.2, -0.15) is 10.4 Å². The van der Waals surface area contributed by atoms with E-state index >= 15 is 0 Å². The van der Waals surface area contributed by atoms with Gasteiger partial charge in [-0.15, -0.1) is 0 Å². The number of rotatable bonds is 6. The minimum Gasteiger partial charge on any atom is -0.497 e. The molecular formula is C27H20N4O3. The van der Waals surface area contributed by atoms with E-state index in [0.29, 0.717) is 29.1 Å². The lowest BCUT2D eigenvalue weighted by atomic mass is 9.98. The number of ether oxygens (including phenoxy) is 1.